The summed E-state index contributed by atoms with van der Waals surface area (Å²) in [5, 5.41) is 14.8. The second-order valence-corrected chi connectivity index (χ2v) is 6.81. The molecule has 0 aliphatic carbocycles. The molecule has 6 nitrogen and oxygen atoms in total. The molecule has 0 radical (unpaired) electrons. The number of nitrogens with one attached hydrogen (secondary N) is 2. The molecule has 0 saturated carbocycles. The fraction of sp³-hybridized carbons (Fsp3) is 0.556. The Kier molecular flexibility index (Phi) is 7.22. The number of amides is 2. The van der Waals surface area contributed by atoms with Crippen molar-refractivity contribution in [1.29, 1.82) is 0 Å². The van der Waals surface area contributed by atoms with E-state index in [4.69, 9.17) is 4.74 Å². The van der Waals surface area contributed by atoms with Gasteiger partial charge in [-0.3, -0.25) is 4.79 Å². The highest BCUT2D eigenvalue weighted by Crippen LogP contribution is 2.17. The van der Waals surface area contributed by atoms with Crippen LogP contribution in [0.4, 0.5) is 10.5 Å². The first-order valence-electron chi connectivity index (χ1n) is 8.17. The van der Waals surface area contributed by atoms with E-state index in [9.17, 15) is 14.7 Å². The first kappa shape index (κ1) is 20.0. The molecule has 0 bridgehead atoms. The summed E-state index contributed by atoms with van der Waals surface area (Å²) in [4.78, 5) is 24.6. The second kappa shape index (κ2) is 8.68. The molecule has 0 aliphatic rings. The van der Waals surface area contributed by atoms with Crippen molar-refractivity contribution in [3.05, 3.63) is 29.8 Å². The SMILES string of the molecule is CC[C@H](C)[C@H](NC(=O)OC(C)(C)C)C(=O)Nc1ccccc1CO. The van der Waals surface area contributed by atoms with Gasteiger partial charge in [0.2, 0.25) is 5.91 Å². The normalized spacial score (nSPS) is 13.8. The number of alkyl carbamates (subject to hydrolysis) is 1. The molecule has 0 aromatic heterocycles. The number of rotatable bonds is 6. The molecule has 2 atom stereocenters. The van der Waals surface area contributed by atoms with E-state index in [2.05, 4.69) is 10.6 Å². The van der Waals surface area contributed by atoms with E-state index in [1.165, 1.54) is 0 Å². The van der Waals surface area contributed by atoms with Crippen molar-refractivity contribution in [1.82, 2.24) is 5.32 Å². The molecule has 24 heavy (non-hydrogen) atoms. The molecule has 3 N–H and O–H groups in total. The Balaban J connectivity index is 2.87. The number of aliphatic hydroxyl groups is 1. The summed E-state index contributed by atoms with van der Waals surface area (Å²) in [6.45, 7) is 8.96. The van der Waals surface area contributed by atoms with E-state index in [0.29, 0.717) is 11.3 Å². The van der Waals surface area contributed by atoms with E-state index in [1.54, 1.807) is 45.0 Å². The lowest BCUT2D eigenvalue weighted by Gasteiger charge is -2.26. The van der Waals surface area contributed by atoms with Crippen LogP contribution >= 0.6 is 0 Å². The summed E-state index contributed by atoms with van der Waals surface area (Å²) in [5.74, 6) is -0.407. The van der Waals surface area contributed by atoms with Gasteiger partial charge in [0, 0.05) is 11.3 Å². The first-order valence-corrected chi connectivity index (χ1v) is 8.17. The molecule has 0 unspecified atom stereocenters. The molecule has 0 spiro atoms. The van der Waals surface area contributed by atoms with Gasteiger partial charge in [-0.2, -0.15) is 0 Å². The number of carbonyl (C=O) groups is 2. The van der Waals surface area contributed by atoms with Gasteiger partial charge in [0.15, 0.2) is 0 Å². The topological polar surface area (TPSA) is 87.7 Å². The minimum Gasteiger partial charge on any atom is -0.444 e. The number of ether oxygens (including phenoxy) is 1. The Hall–Kier alpha value is -2.08. The van der Waals surface area contributed by atoms with Crippen molar-refractivity contribution in [3.63, 3.8) is 0 Å². The summed E-state index contributed by atoms with van der Waals surface area (Å²) >= 11 is 0. The molecule has 6 heteroatoms. The Labute approximate surface area is 143 Å². The molecule has 1 rings (SSSR count). The summed E-state index contributed by atoms with van der Waals surface area (Å²) in [6.07, 6.45) is 0.0913. The van der Waals surface area contributed by atoms with Gasteiger partial charge < -0.3 is 20.5 Å². The third-order valence-electron chi connectivity index (χ3n) is 3.61. The summed E-state index contributed by atoms with van der Waals surface area (Å²) in [6, 6.07) is 6.28. The third-order valence-corrected chi connectivity index (χ3v) is 3.61. The number of anilines is 1. The van der Waals surface area contributed by atoms with Crippen LogP contribution in [-0.2, 0) is 16.1 Å². The predicted octanol–water partition coefficient (Wildman–Crippen LogP) is 3.06. The lowest BCUT2D eigenvalue weighted by Crippen LogP contribution is -2.49. The highest BCUT2D eigenvalue weighted by Gasteiger charge is 2.28. The maximum absolute atomic E-state index is 12.6. The quantitative estimate of drug-likeness (QED) is 0.745. The zero-order chi connectivity index (χ0) is 18.3. The number of hydrogen-bond donors (Lipinski definition) is 3. The Morgan fingerprint density at radius 2 is 1.88 bits per heavy atom. The summed E-state index contributed by atoms with van der Waals surface area (Å²) < 4.78 is 5.24. The van der Waals surface area contributed by atoms with Crippen LogP contribution in [0, 0.1) is 5.92 Å². The van der Waals surface area contributed by atoms with Crippen LogP contribution in [0.2, 0.25) is 0 Å². The van der Waals surface area contributed by atoms with E-state index < -0.39 is 17.7 Å². The average molecular weight is 336 g/mol. The molecule has 134 valence electrons. The van der Waals surface area contributed by atoms with Crippen LogP contribution in [0.1, 0.15) is 46.6 Å². The zero-order valence-corrected chi connectivity index (χ0v) is 15.1. The van der Waals surface area contributed by atoms with Gasteiger partial charge in [0.1, 0.15) is 11.6 Å². The standard InChI is InChI=1S/C18H28N2O4/c1-6-12(2)15(20-17(23)24-18(3,4)5)16(22)19-14-10-8-7-9-13(14)11-21/h7-10,12,15,21H,6,11H2,1-5H3,(H,19,22)(H,20,23)/t12-,15-/m0/s1. The summed E-state index contributed by atoms with van der Waals surface area (Å²) in [5.41, 5.74) is 0.514. The van der Waals surface area contributed by atoms with Crippen molar-refractivity contribution in [2.24, 2.45) is 5.92 Å². The highest BCUT2D eigenvalue weighted by molar-refractivity contribution is 5.97. The van der Waals surface area contributed by atoms with Crippen LogP contribution < -0.4 is 10.6 Å². The third kappa shape index (κ3) is 6.20. The van der Waals surface area contributed by atoms with E-state index in [1.807, 2.05) is 13.8 Å². The molecule has 0 aliphatic heterocycles. The molecule has 0 saturated heterocycles. The van der Waals surface area contributed by atoms with Gasteiger partial charge in [-0.1, -0.05) is 38.5 Å². The van der Waals surface area contributed by atoms with Gasteiger partial charge in [0.05, 0.1) is 6.61 Å². The maximum atomic E-state index is 12.6. The van der Waals surface area contributed by atoms with Crippen molar-refractivity contribution in [3.8, 4) is 0 Å². The Morgan fingerprint density at radius 1 is 1.25 bits per heavy atom. The zero-order valence-electron chi connectivity index (χ0n) is 15.1. The lowest BCUT2D eigenvalue weighted by molar-refractivity contribution is -0.119. The summed E-state index contributed by atoms with van der Waals surface area (Å²) in [7, 11) is 0. The largest absolute Gasteiger partial charge is 0.444 e. The van der Waals surface area contributed by atoms with Crippen LogP contribution in [0.25, 0.3) is 0 Å². The highest BCUT2D eigenvalue weighted by atomic mass is 16.6. The molecule has 0 heterocycles. The lowest BCUT2D eigenvalue weighted by atomic mass is 9.98. The molecular weight excluding hydrogens is 308 g/mol. The number of carbonyl (C=O) groups excluding carboxylic acids is 2. The van der Waals surface area contributed by atoms with Crippen molar-refractivity contribution in [2.45, 2.75) is 59.3 Å². The number of benzene rings is 1. The van der Waals surface area contributed by atoms with Crippen molar-refractivity contribution >= 4 is 17.7 Å². The Bertz CT molecular complexity index is 566. The van der Waals surface area contributed by atoms with Gasteiger partial charge in [-0.05, 0) is 32.8 Å². The van der Waals surface area contributed by atoms with Gasteiger partial charge in [-0.25, -0.2) is 4.79 Å². The maximum Gasteiger partial charge on any atom is 0.408 e. The number of hydrogen-bond acceptors (Lipinski definition) is 4. The van der Waals surface area contributed by atoms with Crippen LogP contribution in [0.5, 0.6) is 0 Å². The molecule has 1 aromatic carbocycles. The van der Waals surface area contributed by atoms with Gasteiger partial charge >= 0.3 is 6.09 Å². The van der Waals surface area contributed by atoms with Crippen molar-refractivity contribution < 1.29 is 19.4 Å². The smallest absolute Gasteiger partial charge is 0.408 e. The second-order valence-electron chi connectivity index (χ2n) is 6.81. The fourth-order valence-electron chi connectivity index (χ4n) is 2.13. The predicted molar refractivity (Wildman–Crippen MR) is 93.6 cm³/mol. The van der Waals surface area contributed by atoms with Crippen molar-refractivity contribution in [2.75, 3.05) is 5.32 Å². The molecule has 2 amide bonds. The van der Waals surface area contributed by atoms with E-state index >= 15 is 0 Å². The minimum absolute atomic E-state index is 0.0705. The molecule has 1 aromatic rings. The van der Waals surface area contributed by atoms with Crippen LogP contribution in [0.15, 0.2) is 24.3 Å². The average Bonchev–Trinajstić information content (AvgIpc) is 2.50. The van der Waals surface area contributed by atoms with Gasteiger partial charge in [0.25, 0.3) is 0 Å². The van der Waals surface area contributed by atoms with Gasteiger partial charge in [-0.15, -0.1) is 0 Å². The first-order chi connectivity index (χ1) is 11.2. The molecular formula is C18H28N2O4. The number of para-hydroxylation sites is 1. The van der Waals surface area contributed by atoms with E-state index in [-0.39, 0.29) is 18.4 Å². The van der Waals surface area contributed by atoms with Crippen LogP contribution in [-0.4, -0.2) is 28.7 Å². The Morgan fingerprint density at radius 3 is 2.42 bits per heavy atom. The van der Waals surface area contributed by atoms with Crippen LogP contribution in [0.3, 0.4) is 0 Å². The van der Waals surface area contributed by atoms with E-state index in [0.717, 1.165) is 6.42 Å². The fourth-order valence-corrected chi connectivity index (χ4v) is 2.13. The minimum atomic E-state index is -0.725. The monoisotopic (exact) mass is 336 g/mol. The molecule has 0 fully saturated rings. The number of aliphatic hydroxyl groups excluding tert-OH is 1.